The predicted octanol–water partition coefficient (Wildman–Crippen LogP) is 0.945. The van der Waals surface area contributed by atoms with Crippen LogP contribution in [0, 0.1) is 0 Å². The summed E-state index contributed by atoms with van der Waals surface area (Å²) in [5.74, 6) is 0. The second-order valence-electron chi connectivity index (χ2n) is 4.38. The van der Waals surface area contributed by atoms with E-state index in [0.29, 0.717) is 0 Å². The molecule has 5 nitrogen and oxygen atoms in total. The topological polar surface area (TPSA) is 61.7 Å². The third-order valence-corrected chi connectivity index (χ3v) is 2.90. The van der Waals surface area contributed by atoms with E-state index in [0.717, 1.165) is 25.1 Å². The number of nitrogens with zero attached hydrogens (tertiary/aromatic N) is 4. The molecule has 1 atom stereocenters. The van der Waals surface area contributed by atoms with Crippen molar-refractivity contribution in [3.8, 4) is 0 Å². The number of aromatic nitrogens is 4. The molecule has 0 fully saturated rings. The van der Waals surface area contributed by atoms with E-state index in [4.69, 9.17) is 5.73 Å². The zero-order valence-electron chi connectivity index (χ0n) is 10.4. The summed E-state index contributed by atoms with van der Waals surface area (Å²) < 4.78 is 3.90. The highest BCUT2D eigenvalue weighted by Gasteiger charge is 2.07. The molecule has 2 rings (SSSR count). The molecular formula is C12H19N5. The normalized spacial score (nSPS) is 12.9. The van der Waals surface area contributed by atoms with Crippen molar-refractivity contribution in [2.75, 3.05) is 0 Å². The van der Waals surface area contributed by atoms with Crippen LogP contribution in [0.1, 0.15) is 24.7 Å². The third-order valence-electron chi connectivity index (χ3n) is 2.90. The first-order valence-electron chi connectivity index (χ1n) is 5.94. The van der Waals surface area contributed by atoms with Gasteiger partial charge >= 0.3 is 0 Å². The average molecular weight is 233 g/mol. The van der Waals surface area contributed by atoms with Crippen LogP contribution in [-0.2, 0) is 20.0 Å². The van der Waals surface area contributed by atoms with Crippen molar-refractivity contribution in [3.05, 3.63) is 35.9 Å². The fourth-order valence-electron chi connectivity index (χ4n) is 1.84. The van der Waals surface area contributed by atoms with Crippen LogP contribution in [0.2, 0.25) is 0 Å². The Balaban J connectivity index is 2.08. The van der Waals surface area contributed by atoms with Crippen molar-refractivity contribution in [1.29, 1.82) is 0 Å². The molecule has 2 N–H and O–H groups in total. The number of rotatable bonds is 5. The van der Waals surface area contributed by atoms with E-state index in [9.17, 15) is 0 Å². The van der Waals surface area contributed by atoms with Crippen molar-refractivity contribution in [2.45, 2.75) is 32.4 Å². The molecule has 0 aliphatic carbocycles. The lowest BCUT2D eigenvalue weighted by Crippen LogP contribution is -2.23. The van der Waals surface area contributed by atoms with Crippen LogP contribution in [-0.4, -0.2) is 25.6 Å². The van der Waals surface area contributed by atoms with Crippen molar-refractivity contribution >= 4 is 0 Å². The molecule has 92 valence electrons. The number of nitrogens with two attached hydrogens (primary N) is 1. The van der Waals surface area contributed by atoms with Gasteiger partial charge in [-0.25, -0.2) is 0 Å². The number of hydrogen-bond donors (Lipinski definition) is 1. The zero-order valence-corrected chi connectivity index (χ0v) is 10.4. The molecule has 2 heterocycles. The van der Waals surface area contributed by atoms with Gasteiger partial charge in [0.2, 0.25) is 0 Å². The highest BCUT2D eigenvalue weighted by Crippen LogP contribution is 2.08. The molecule has 5 heteroatoms. The molecule has 0 saturated heterocycles. The molecule has 2 aromatic rings. The van der Waals surface area contributed by atoms with Crippen molar-refractivity contribution in [3.63, 3.8) is 0 Å². The summed E-state index contributed by atoms with van der Waals surface area (Å²) >= 11 is 0. The molecule has 17 heavy (non-hydrogen) atoms. The molecule has 2 aromatic heterocycles. The van der Waals surface area contributed by atoms with Crippen LogP contribution in [0.15, 0.2) is 24.5 Å². The quantitative estimate of drug-likeness (QED) is 0.836. The Morgan fingerprint density at radius 1 is 1.47 bits per heavy atom. The van der Waals surface area contributed by atoms with E-state index < -0.39 is 0 Å². The Bertz CT molecular complexity index is 471. The van der Waals surface area contributed by atoms with Gasteiger partial charge in [0, 0.05) is 37.6 Å². The minimum absolute atomic E-state index is 0.227. The Kier molecular flexibility index (Phi) is 3.58. The van der Waals surface area contributed by atoms with Crippen LogP contribution in [0.5, 0.6) is 0 Å². The van der Waals surface area contributed by atoms with Gasteiger partial charge in [0.1, 0.15) is 5.69 Å². The lowest BCUT2D eigenvalue weighted by Gasteiger charge is -2.11. The molecule has 0 aliphatic rings. The standard InChI is InChI=1S/C12H19N5/c1-3-10(13)7-12-5-4-6-17(12)9-11-8-16(2)15-14-11/h4-6,8,10H,3,7,9,13H2,1-2H3. The van der Waals surface area contributed by atoms with Gasteiger partial charge in [-0.05, 0) is 18.6 Å². The highest BCUT2D eigenvalue weighted by atomic mass is 15.4. The Morgan fingerprint density at radius 2 is 2.29 bits per heavy atom. The van der Waals surface area contributed by atoms with E-state index in [2.05, 4.69) is 34.1 Å². The molecule has 0 saturated carbocycles. The van der Waals surface area contributed by atoms with E-state index in [-0.39, 0.29) is 6.04 Å². The van der Waals surface area contributed by atoms with Crippen LogP contribution in [0.25, 0.3) is 0 Å². The SMILES string of the molecule is CCC(N)Cc1cccn1Cc1cn(C)nn1. The van der Waals surface area contributed by atoms with Crippen molar-refractivity contribution < 1.29 is 0 Å². The molecule has 0 spiro atoms. The summed E-state index contributed by atoms with van der Waals surface area (Å²) in [7, 11) is 1.88. The van der Waals surface area contributed by atoms with Gasteiger partial charge in [0.25, 0.3) is 0 Å². The van der Waals surface area contributed by atoms with Crippen LogP contribution < -0.4 is 5.73 Å². The Morgan fingerprint density at radius 3 is 2.94 bits per heavy atom. The second-order valence-corrected chi connectivity index (χ2v) is 4.38. The molecular weight excluding hydrogens is 214 g/mol. The minimum atomic E-state index is 0.227. The molecule has 0 aromatic carbocycles. The highest BCUT2D eigenvalue weighted by molar-refractivity contribution is 5.11. The van der Waals surface area contributed by atoms with Gasteiger partial charge in [-0.2, -0.15) is 0 Å². The zero-order chi connectivity index (χ0) is 12.3. The van der Waals surface area contributed by atoms with Crippen LogP contribution in [0.4, 0.5) is 0 Å². The van der Waals surface area contributed by atoms with E-state index >= 15 is 0 Å². The molecule has 0 aliphatic heterocycles. The maximum Gasteiger partial charge on any atom is 0.102 e. The van der Waals surface area contributed by atoms with E-state index in [1.54, 1.807) is 4.68 Å². The minimum Gasteiger partial charge on any atom is -0.345 e. The molecule has 1 unspecified atom stereocenters. The Hall–Kier alpha value is -1.62. The first-order chi connectivity index (χ1) is 8.19. The largest absolute Gasteiger partial charge is 0.345 e. The lowest BCUT2D eigenvalue weighted by atomic mass is 10.1. The molecule has 0 bridgehead atoms. The summed E-state index contributed by atoms with van der Waals surface area (Å²) in [5, 5.41) is 8.02. The van der Waals surface area contributed by atoms with Gasteiger partial charge in [-0.3, -0.25) is 4.68 Å². The molecule has 0 radical (unpaired) electrons. The van der Waals surface area contributed by atoms with Gasteiger partial charge in [0.15, 0.2) is 0 Å². The van der Waals surface area contributed by atoms with Crippen molar-refractivity contribution in [1.82, 2.24) is 19.6 Å². The monoisotopic (exact) mass is 233 g/mol. The summed E-state index contributed by atoms with van der Waals surface area (Å²) in [5.41, 5.74) is 8.21. The van der Waals surface area contributed by atoms with E-state index in [1.165, 1.54) is 5.69 Å². The maximum atomic E-state index is 5.99. The van der Waals surface area contributed by atoms with Crippen LogP contribution in [0.3, 0.4) is 0 Å². The van der Waals surface area contributed by atoms with Crippen molar-refractivity contribution in [2.24, 2.45) is 12.8 Å². The maximum absolute atomic E-state index is 5.99. The summed E-state index contributed by atoms with van der Waals surface area (Å²) in [4.78, 5) is 0. The van der Waals surface area contributed by atoms with Gasteiger partial charge in [-0.15, -0.1) is 5.10 Å². The first-order valence-corrected chi connectivity index (χ1v) is 5.94. The summed E-state index contributed by atoms with van der Waals surface area (Å²) in [6, 6.07) is 4.39. The Labute approximate surface area is 101 Å². The van der Waals surface area contributed by atoms with Crippen LogP contribution >= 0.6 is 0 Å². The summed E-state index contributed by atoms with van der Waals surface area (Å²) in [6.07, 6.45) is 5.90. The average Bonchev–Trinajstić information content (AvgIpc) is 2.89. The number of aryl methyl sites for hydroxylation is 1. The fraction of sp³-hybridized carbons (Fsp3) is 0.500. The smallest absolute Gasteiger partial charge is 0.102 e. The second kappa shape index (κ2) is 5.14. The van der Waals surface area contributed by atoms with Gasteiger partial charge < -0.3 is 10.3 Å². The lowest BCUT2D eigenvalue weighted by molar-refractivity contribution is 0.607. The third kappa shape index (κ3) is 2.94. The first kappa shape index (κ1) is 11.9. The fourth-order valence-corrected chi connectivity index (χ4v) is 1.84. The molecule has 0 amide bonds. The van der Waals surface area contributed by atoms with Gasteiger partial charge in [-0.1, -0.05) is 12.1 Å². The number of hydrogen-bond acceptors (Lipinski definition) is 3. The van der Waals surface area contributed by atoms with E-state index in [1.807, 2.05) is 19.3 Å². The predicted molar refractivity (Wildman–Crippen MR) is 66.5 cm³/mol. The van der Waals surface area contributed by atoms with Gasteiger partial charge in [0.05, 0.1) is 6.54 Å². The summed E-state index contributed by atoms with van der Waals surface area (Å²) in [6.45, 7) is 2.87.